The van der Waals surface area contributed by atoms with Gasteiger partial charge in [-0.25, -0.2) is 4.68 Å². The molecule has 0 aliphatic rings. The molecule has 1 N–H and O–H groups in total. The van der Waals surface area contributed by atoms with Crippen LogP contribution in [0.25, 0.3) is 10.9 Å². The van der Waals surface area contributed by atoms with Crippen LogP contribution in [0.3, 0.4) is 0 Å². The molecule has 196 valence electrons. The number of methoxy groups -OCH3 is 1. The monoisotopic (exact) mass is 530 g/mol. The number of H-pyrrole nitrogens is 1. The molecule has 0 saturated heterocycles. The molecule has 0 aliphatic carbocycles. The van der Waals surface area contributed by atoms with Crippen molar-refractivity contribution < 1.29 is 9.47 Å². The molecular formula is C28H30N6O3S. The van der Waals surface area contributed by atoms with E-state index in [1.54, 1.807) is 23.1 Å². The van der Waals surface area contributed by atoms with E-state index < -0.39 is 6.04 Å². The summed E-state index contributed by atoms with van der Waals surface area (Å²) >= 11 is 1.68. The molecule has 0 spiro atoms. The van der Waals surface area contributed by atoms with Crippen molar-refractivity contribution in [1.82, 2.24) is 30.1 Å². The second-order valence-electron chi connectivity index (χ2n) is 8.86. The number of aromatic amines is 1. The minimum atomic E-state index is -0.520. The maximum absolute atomic E-state index is 13.7. The number of nitrogens with one attached hydrogen (secondary N) is 1. The smallest absolute Gasteiger partial charge is 0.253 e. The molecule has 5 rings (SSSR count). The van der Waals surface area contributed by atoms with Crippen LogP contribution < -0.4 is 10.3 Å². The van der Waals surface area contributed by atoms with E-state index in [2.05, 4.69) is 49.0 Å². The van der Waals surface area contributed by atoms with Crippen molar-refractivity contribution in [2.45, 2.75) is 32.6 Å². The largest absolute Gasteiger partial charge is 0.494 e. The molecule has 0 aliphatic heterocycles. The van der Waals surface area contributed by atoms with Crippen molar-refractivity contribution in [3.63, 3.8) is 0 Å². The van der Waals surface area contributed by atoms with Gasteiger partial charge in [0.15, 0.2) is 5.82 Å². The number of nitrogens with zero attached hydrogens (tertiary/aromatic N) is 5. The third kappa shape index (κ3) is 5.83. The number of benzene rings is 2. The van der Waals surface area contributed by atoms with Crippen molar-refractivity contribution in [2.24, 2.45) is 0 Å². The van der Waals surface area contributed by atoms with E-state index in [1.807, 2.05) is 55.5 Å². The van der Waals surface area contributed by atoms with Gasteiger partial charge in [0, 0.05) is 41.5 Å². The standard InChI is InChI=1S/C28H30N6O3S/c1-3-37-22-11-12-25-21(16-22)17-24(28(35)29-25)26(27-30-31-32-34(27)13-14-36-2)33(19-23-10-7-15-38-23)18-20-8-5-4-6-9-20/h4-12,15-17,26H,3,13-14,18-19H2,1-2H3,(H,29,35)/t26-/m1/s1. The fourth-order valence-electron chi connectivity index (χ4n) is 4.56. The third-order valence-corrected chi connectivity index (χ3v) is 7.16. The van der Waals surface area contributed by atoms with Gasteiger partial charge < -0.3 is 14.5 Å². The number of rotatable bonds is 12. The number of fused-ring (bicyclic) bond motifs is 1. The van der Waals surface area contributed by atoms with Gasteiger partial charge in [-0.15, -0.1) is 16.4 Å². The molecule has 5 aromatic rings. The summed E-state index contributed by atoms with van der Waals surface area (Å²) < 4.78 is 12.8. The lowest BCUT2D eigenvalue weighted by Crippen LogP contribution is -2.35. The van der Waals surface area contributed by atoms with E-state index in [1.165, 1.54) is 4.88 Å². The summed E-state index contributed by atoms with van der Waals surface area (Å²) in [4.78, 5) is 20.2. The number of aromatic nitrogens is 5. The van der Waals surface area contributed by atoms with Crippen LogP contribution in [-0.4, -0.2) is 50.4 Å². The first-order valence-electron chi connectivity index (χ1n) is 12.5. The van der Waals surface area contributed by atoms with E-state index in [0.717, 1.165) is 22.2 Å². The molecule has 38 heavy (non-hydrogen) atoms. The zero-order valence-electron chi connectivity index (χ0n) is 21.4. The summed E-state index contributed by atoms with van der Waals surface area (Å²) in [6.07, 6.45) is 0. The van der Waals surface area contributed by atoms with Gasteiger partial charge in [0.2, 0.25) is 0 Å². The molecule has 3 heterocycles. The van der Waals surface area contributed by atoms with Crippen molar-refractivity contribution >= 4 is 22.2 Å². The van der Waals surface area contributed by atoms with Gasteiger partial charge in [-0.2, -0.15) is 0 Å². The molecule has 2 aromatic carbocycles. The second-order valence-corrected chi connectivity index (χ2v) is 9.89. The Bertz CT molecular complexity index is 1520. The Labute approximate surface area is 224 Å². The average Bonchev–Trinajstić information content (AvgIpc) is 3.61. The number of thiophene rings is 1. The summed E-state index contributed by atoms with van der Waals surface area (Å²) in [5.41, 5.74) is 2.25. The van der Waals surface area contributed by atoms with E-state index in [9.17, 15) is 4.79 Å². The van der Waals surface area contributed by atoms with E-state index in [0.29, 0.717) is 44.2 Å². The van der Waals surface area contributed by atoms with Crippen LogP contribution in [0.2, 0.25) is 0 Å². The lowest BCUT2D eigenvalue weighted by molar-refractivity contribution is 0.169. The number of tetrazole rings is 1. The molecule has 3 aromatic heterocycles. The predicted molar refractivity (Wildman–Crippen MR) is 147 cm³/mol. The van der Waals surface area contributed by atoms with Crippen LogP contribution in [0.5, 0.6) is 5.75 Å². The van der Waals surface area contributed by atoms with Gasteiger partial charge in [-0.1, -0.05) is 36.4 Å². The van der Waals surface area contributed by atoms with E-state index in [-0.39, 0.29) is 5.56 Å². The molecule has 0 fully saturated rings. The zero-order chi connectivity index (χ0) is 26.3. The number of hydrogen-bond acceptors (Lipinski definition) is 8. The van der Waals surface area contributed by atoms with Crippen LogP contribution in [0.4, 0.5) is 0 Å². The fourth-order valence-corrected chi connectivity index (χ4v) is 5.29. The first-order chi connectivity index (χ1) is 18.7. The molecule has 0 radical (unpaired) electrons. The average molecular weight is 531 g/mol. The van der Waals surface area contributed by atoms with Crippen LogP contribution in [0, 0.1) is 0 Å². The lowest BCUT2D eigenvalue weighted by Gasteiger charge is -2.31. The molecule has 0 bridgehead atoms. The molecule has 0 amide bonds. The zero-order valence-corrected chi connectivity index (χ0v) is 22.2. The van der Waals surface area contributed by atoms with Gasteiger partial charge in [0.25, 0.3) is 5.56 Å². The van der Waals surface area contributed by atoms with Gasteiger partial charge in [-0.05, 0) is 58.6 Å². The number of pyridine rings is 1. The SMILES string of the molecule is CCOc1ccc2[nH]c(=O)c([C@H](c3nnnn3CCOC)N(Cc3ccccc3)Cc3cccs3)cc2c1. The first-order valence-corrected chi connectivity index (χ1v) is 13.4. The highest BCUT2D eigenvalue weighted by atomic mass is 32.1. The molecule has 9 nitrogen and oxygen atoms in total. The molecule has 0 saturated carbocycles. The topological polar surface area (TPSA) is 98.2 Å². The van der Waals surface area contributed by atoms with Crippen LogP contribution in [0.1, 0.15) is 34.8 Å². The highest BCUT2D eigenvalue weighted by Crippen LogP contribution is 2.31. The minimum absolute atomic E-state index is 0.183. The summed E-state index contributed by atoms with van der Waals surface area (Å²) in [5.74, 6) is 1.33. The van der Waals surface area contributed by atoms with Crippen molar-refractivity contribution in [1.29, 1.82) is 0 Å². The Morgan fingerprint density at radius 1 is 1.08 bits per heavy atom. The van der Waals surface area contributed by atoms with E-state index >= 15 is 0 Å². The molecule has 0 unspecified atom stereocenters. The Hall–Kier alpha value is -3.86. The highest BCUT2D eigenvalue weighted by Gasteiger charge is 2.31. The van der Waals surface area contributed by atoms with Crippen molar-refractivity contribution in [3.8, 4) is 5.75 Å². The van der Waals surface area contributed by atoms with Crippen LogP contribution in [0.15, 0.2) is 76.9 Å². The summed E-state index contributed by atoms with van der Waals surface area (Å²) in [7, 11) is 1.64. The predicted octanol–water partition coefficient (Wildman–Crippen LogP) is 4.41. The third-order valence-electron chi connectivity index (χ3n) is 6.29. The quantitative estimate of drug-likeness (QED) is 0.255. The Morgan fingerprint density at radius 3 is 2.71 bits per heavy atom. The Morgan fingerprint density at radius 2 is 1.95 bits per heavy atom. The Balaban J connectivity index is 1.67. The van der Waals surface area contributed by atoms with Gasteiger partial charge in [0.1, 0.15) is 11.8 Å². The van der Waals surface area contributed by atoms with Gasteiger partial charge in [0.05, 0.1) is 19.8 Å². The lowest BCUT2D eigenvalue weighted by atomic mass is 10.0. The fraction of sp³-hybridized carbons (Fsp3) is 0.286. The first kappa shape index (κ1) is 25.8. The Kier molecular flexibility index (Phi) is 8.22. The summed E-state index contributed by atoms with van der Waals surface area (Å²) in [5, 5.41) is 15.6. The summed E-state index contributed by atoms with van der Waals surface area (Å²) in [6.45, 7) is 4.63. The van der Waals surface area contributed by atoms with Crippen molar-refractivity contribution in [3.05, 3.63) is 104 Å². The maximum atomic E-state index is 13.7. The van der Waals surface area contributed by atoms with Crippen LogP contribution >= 0.6 is 11.3 Å². The summed E-state index contributed by atoms with van der Waals surface area (Å²) in [6, 6.07) is 21.5. The van der Waals surface area contributed by atoms with Gasteiger partial charge >= 0.3 is 0 Å². The maximum Gasteiger partial charge on any atom is 0.253 e. The molecular weight excluding hydrogens is 500 g/mol. The number of hydrogen-bond donors (Lipinski definition) is 1. The molecule has 1 atom stereocenters. The normalized spacial score (nSPS) is 12.3. The van der Waals surface area contributed by atoms with E-state index in [4.69, 9.17) is 9.47 Å². The second kappa shape index (κ2) is 12.1. The van der Waals surface area contributed by atoms with Gasteiger partial charge in [-0.3, -0.25) is 9.69 Å². The van der Waals surface area contributed by atoms with Crippen molar-refractivity contribution in [2.75, 3.05) is 20.3 Å². The highest BCUT2D eigenvalue weighted by molar-refractivity contribution is 7.09. The number of ether oxygens (including phenoxy) is 2. The molecule has 10 heteroatoms. The van der Waals surface area contributed by atoms with Crippen LogP contribution in [-0.2, 0) is 24.4 Å². The minimum Gasteiger partial charge on any atom is -0.494 e.